The van der Waals surface area contributed by atoms with E-state index in [1.807, 2.05) is 0 Å². The van der Waals surface area contributed by atoms with E-state index in [-0.39, 0.29) is 6.61 Å². The molecule has 6 nitrogen and oxygen atoms in total. The summed E-state index contributed by atoms with van der Waals surface area (Å²) in [6.07, 6.45) is 0. The average Bonchev–Trinajstić information content (AvgIpc) is 2.08. The fourth-order valence-electron chi connectivity index (χ4n) is 0.502. The molecule has 0 spiro atoms. The molecule has 0 fully saturated rings. The molecule has 0 amide bonds. The molecule has 1 unspecified atom stereocenters. The summed E-state index contributed by atoms with van der Waals surface area (Å²) >= 11 is 0. The Balaban J connectivity index is 4.01. The lowest BCUT2D eigenvalue weighted by Crippen LogP contribution is -2.38. The van der Waals surface area contributed by atoms with Gasteiger partial charge in [-0.15, -0.1) is 0 Å². The van der Waals surface area contributed by atoms with Crippen LogP contribution in [0.3, 0.4) is 0 Å². The number of aliphatic hydroxyl groups excluding tert-OH is 3. The summed E-state index contributed by atoms with van der Waals surface area (Å²) in [4.78, 5) is 8.28. The Morgan fingerprint density at radius 2 is 1.58 bits per heavy atom. The summed E-state index contributed by atoms with van der Waals surface area (Å²) in [6, 6.07) is 0. The molecule has 0 bridgehead atoms. The molecular formula is C5H13O6P. The molecule has 0 aliphatic carbocycles. The number of hydrogen-bond donors (Lipinski definition) is 4. The van der Waals surface area contributed by atoms with E-state index in [1.54, 1.807) is 0 Å². The van der Waals surface area contributed by atoms with Crippen LogP contribution in [0.4, 0.5) is 0 Å². The first-order valence-electron chi connectivity index (χ1n) is 3.28. The highest BCUT2D eigenvalue weighted by atomic mass is 31.1. The van der Waals surface area contributed by atoms with Crippen molar-refractivity contribution in [3.63, 3.8) is 0 Å². The molecule has 0 aliphatic rings. The molecule has 12 heavy (non-hydrogen) atoms. The van der Waals surface area contributed by atoms with E-state index < -0.39 is 33.5 Å². The highest BCUT2D eigenvalue weighted by molar-refractivity contribution is 7.32. The molecule has 0 aromatic heterocycles. The van der Waals surface area contributed by atoms with Crippen LogP contribution in [0, 0.1) is 5.41 Å². The van der Waals surface area contributed by atoms with E-state index in [0.29, 0.717) is 0 Å². The van der Waals surface area contributed by atoms with Gasteiger partial charge in [-0.05, 0) is 0 Å². The first kappa shape index (κ1) is 12.0. The minimum Gasteiger partial charge on any atom is -0.396 e. The SMILES string of the molecule is O=[PH](O)OCC(CO)(CO)CO. The van der Waals surface area contributed by atoms with Crippen LogP contribution in [0.15, 0.2) is 0 Å². The molecule has 4 N–H and O–H groups in total. The second-order valence-corrected chi connectivity index (χ2v) is 3.35. The quantitative estimate of drug-likeness (QED) is 0.382. The number of hydrogen-bond acceptors (Lipinski definition) is 5. The maximum absolute atomic E-state index is 10.1. The van der Waals surface area contributed by atoms with Crippen molar-refractivity contribution in [2.45, 2.75) is 0 Å². The van der Waals surface area contributed by atoms with Crippen molar-refractivity contribution in [3.8, 4) is 0 Å². The Morgan fingerprint density at radius 1 is 1.17 bits per heavy atom. The second-order valence-electron chi connectivity index (χ2n) is 2.53. The minimum absolute atomic E-state index is 0.342. The zero-order chi connectivity index (χ0) is 9.61. The van der Waals surface area contributed by atoms with Crippen LogP contribution in [0.1, 0.15) is 0 Å². The summed E-state index contributed by atoms with van der Waals surface area (Å²) in [7, 11) is -3.08. The average molecular weight is 200 g/mol. The van der Waals surface area contributed by atoms with Crippen LogP contribution in [-0.2, 0) is 9.09 Å². The fraction of sp³-hybridized carbons (Fsp3) is 1.00. The van der Waals surface area contributed by atoms with E-state index in [4.69, 9.17) is 20.2 Å². The van der Waals surface area contributed by atoms with Gasteiger partial charge in [-0.1, -0.05) is 0 Å². The summed E-state index contributed by atoms with van der Waals surface area (Å²) < 4.78 is 14.4. The van der Waals surface area contributed by atoms with Gasteiger partial charge in [0.05, 0.1) is 31.8 Å². The smallest absolute Gasteiger partial charge is 0.316 e. The molecule has 0 saturated heterocycles. The molecular weight excluding hydrogens is 187 g/mol. The van der Waals surface area contributed by atoms with E-state index in [2.05, 4.69) is 4.52 Å². The third-order valence-electron chi connectivity index (χ3n) is 1.51. The lowest BCUT2D eigenvalue weighted by molar-refractivity contribution is -0.0261. The highest BCUT2D eigenvalue weighted by Crippen LogP contribution is 2.22. The Hall–Kier alpha value is 0.0300. The van der Waals surface area contributed by atoms with Gasteiger partial charge < -0.3 is 24.7 Å². The van der Waals surface area contributed by atoms with Crippen molar-refractivity contribution in [1.29, 1.82) is 0 Å². The minimum atomic E-state index is -3.08. The number of aliphatic hydroxyl groups is 3. The zero-order valence-corrected chi connectivity index (χ0v) is 7.43. The normalized spacial score (nSPS) is 14.7. The molecule has 0 rings (SSSR count). The third-order valence-corrected chi connectivity index (χ3v) is 1.90. The van der Waals surface area contributed by atoms with Gasteiger partial charge in [0.15, 0.2) is 0 Å². The molecule has 1 atom stereocenters. The van der Waals surface area contributed by atoms with Crippen molar-refractivity contribution in [2.24, 2.45) is 5.41 Å². The van der Waals surface area contributed by atoms with Gasteiger partial charge in [0.25, 0.3) is 0 Å². The van der Waals surface area contributed by atoms with Crippen LogP contribution < -0.4 is 0 Å². The predicted octanol–water partition coefficient (Wildman–Crippen LogP) is -1.65. The van der Waals surface area contributed by atoms with E-state index in [9.17, 15) is 4.57 Å². The van der Waals surface area contributed by atoms with Crippen molar-refractivity contribution in [2.75, 3.05) is 26.4 Å². The van der Waals surface area contributed by atoms with E-state index >= 15 is 0 Å². The van der Waals surface area contributed by atoms with Gasteiger partial charge in [0, 0.05) is 0 Å². The zero-order valence-electron chi connectivity index (χ0n) is 6.43. The van der Waals surface area contributed by atoms with Crippen molar-refractivity contribution in [1.82, 2.24) is 0 Å². The molecule has 0 heterocycles. The van der Waals surface area contributed by atoms with Crippen molar-refractivity contribution < 1.29 is 29.3 Å². The van der Waals surface area contributed by atoms with E-state index in [1.165, 1.54) is 0 Å². The lowest BCUT2D eigenvalue weighted by atomic mass is 9.93. The van der Waals surface area contributed by atoms with Crippen LogP contribution in [0.5, 0.6) is 0 Å². The first-order chi connectivity index (χ1) is 5.60. The topological polar surface area (TPSA) is 107 Å². The number of rotatable bonds is 6. The highest BCUT2D eigenvalue weighted by Gasteiger charge is 2.29. The van der Waals surface area contributed by atoms with Crippen molar-refractivity contribution >= 4 is 8.25 Å². The van der Waals surface area contributed by atoms with Crippen LogP contribution in [0.2, 0.25) is 0 Å². The largest absolute Gasteiger partial charge is 0.396 e. The van der Waals surface area contributed by atoms with Crippen molar-refractivity contribution in [3.05, 3.63) is 0 Å². The molecule has 7 heteroatoms. The Labute approximate surface area is 70.4 Å². The maximum Gasteiger partial charge on any atom is 0.316 e. The predicted molar refractivity (Wildman–Crippen MR) is 40.9 cm³/mol. The Kier molecular flexibility index (Phi) is 5.65. The molecule has 74 valence electrons. The molecule has 0 aromatic rings. The van der Waals surface area contributed by atoms with Gasteiger partial charge in [-0.2, -0.15) is 0 Å². The van der Waals surface area contributed by atoms with Gasteiger partial charge in [0.1, 0.15) is 0 Å². The fourth-order valence-corrected chi connectivity index (χ4v) is 0.931. The van der Waals surface area contributed by atoms with Crippen LogP contribution in [0.25, 0.3) is 0 Å². The second kappa shape index (κ2) is 5.64. The van der Waals surface area contributed by atoms with Gasteiger partial charge in [-0.25, -0.2) is 0 Å². The Morgan fingerprint density at radius 3 is 1.83 bits per heavy atom. The summed E-state index contributed by atoms with van der Waals surface area (Å²) in [6.45, 7) is -1.86. The maximum atomic E-state index is 10.1. The molecule has 0 saturated carbocycles. The summed E-state index contributed by atoms with van der Waals surface area (Å²) in [5, 5.41) is 26.2. The van der Waals surface area contributed by atoms with Gasteiger partial charge in [0.2, 0.25) is 0 Å². The summed E-state index contributed by atoms with van der Waals surface area (Å²) in [5.74, 6) is 0. The van der Waals surface area contributed by atoms with Crippen LogP contribution in [-0.4, -0.2) is 46.6 Å². The van der Waals surface area contributed by atoms with Gasteiger partial charge >= 0.3 is 8.25 Å². The van der Waals surface area contributed by atoms with Crippen LogP contribution >= 0.6 is 8.25 Å². The molecule has 0 radical (unpaired) electrons. The standard InChI is InChI=1S/C5H13O6P/c6-1-5(2-7,3-8)4-11-12(9)10/h6-8,12H,1-4H2,(H,9,10). The summed E-state index contributed by atoms with van der Waals surface area (Å²) in [5.41, 5.74) is -1.23. The molecule has 0 aromatic carbocycles. The third kappa shape index (κ3) is 3.62. The molecule has 0 aliphatic heterocycles. The monoisotopic (exact) mass is 200 g/mol. The van der Waals surface area contributed by atoms with Gasteiger partial charge in [-0.3, -0.25) is 4.57 Å². The van der Waals surface area contributed by atoms with E-state index in [0.717, 1.165) is 0 Å². The lowest BCUT2D eigenvalue weighted by Gasteiger charge is -2.25. The Bertz CT molecular complexity index is 137. The first-order valence-corrected chi connectivity index (χ1v) is 4.55.